The largest absolute Gasteiger partial charge is 0.353 e. The average Bonchev–Trinajstić information content (AvgIpc) is 2.44. The predicted octanol–water partition coefficient (Wildman–Crippen LogP) is 3.53. The molecule has 0 spiro atoms. The van der Waals surface area contributed by atoms with E-state index in [0.29, 0.717) is 4.47 Å². The van der Waals surface area contributed by atoms with E-state index in [1.807, 2.05) is 0 Å². The number of hydrogen-bond donors (Lipinski definition) is 1. The molecular formula is C16H21BrFNO2S. The topological polar surface area (TPSA) is 46.2 Å². The van der Waals surface area contributed by atoms with Crippen molar-refractivity contribution >= 4 is 32.6 Å². The van der Waals surface area contributed by atoms with Crippen LogP contribution in [0.2, 0.25) is 0 Å². The maximum absolute atomic E-state index is 13.0. The molecule has 22 heavy (non-hydrogen) atoms. The number of rotatable bonds is 5. The monoisotopic (exact) mass is 389 g/mol. The van der Waals surface area contributed by atoms with Crippen LogP contribution >= 0.6 is 15.9 Å². The van der Waals surface area contributed by atoms with E-state index < -0.39 is 10.8 Å². The van der Waals surface area contributed by atoms with Crippen LogP contribution in [0.4, 0.5) is 4.39 Å². The third-order valence-electron chi connectivity index (χ3n) is 4.00. The molecule has 1 aromatic carbocycles. The molecule has 3 nitrogen and oxygen atoms in total. The maximum atomic E-state index is 13.0. The van der Waals surface area contributed by atoms with Gasteiger partial charge in [0.25, 0.3) is 0 Å². The summed E-state index contributed by atoms with van der Waals surface area (Å²) in [6.45, 7) is 2.23. The van der Waals surface area contributed by atoms with Crippen LogP contribution in [-0.2, 0) is 21.3 Å². The van der Waals surface area contributed by atoms with Gasteiger partial charge in [-0.05, 0) is 49.3 Å². The molecule has 0 saturated heterocycles. The standard InChI is InChI=1S/C16H21BrFNO2S/c1-11-2-6-14(7-3-11)19-16(20)10-22(21)9-12-4-5-13(18)8-15(12)17/h4-5,8,11,14H,2-3,6-7,9-10H2,1H3,(H,19,20)/t11?,14?,22-/m0/s1. The van der Waals surface area contributed by atoms with E-state index in [4.69, 9.17) is 0 Å². The number of hydrogen-bond acceptors (Lipinski definition) is 2. The molecule has 0 unspecified atom stereocenters. The normalized spacial score (nSPS) is 23.0. The van der Waals surface area contributed by atoms with Crippen molar-refractivity contribution in [3.8, 4) is 0 Å². The van der Waals surface area contributed by atoms with Gasteiger partial charge in [0.15, 0.2) is 0 Å². The van der Waals surface area contributed by atoms with E-state index >= 15 is 0 Å². The number of amides is 1. The summed E-state index contributed by atoms with van der Waals surface area (Å²) in [5.74, 6) is 0.478. The Kier molecular flexibility index (Phi) is 6.56. The first-order chi connectivity index (χ1) is 10.4. The van der Waals surface area contributed by atoms with E-state index in [1.54, 1.807) is 6.07 Å². The number of carbonyl (C=O) groups excluding carboxylic acids is 1. The summed E-state index contributed by atoms with van der Waals surface area (Å²) < 4.78 is 25.7. The van der Waals surface area contributed by atoms with Gasteiger partial charge >= 0.3 is 0 Å². The molecular weight excluding hydrogens is 369 g/mol. The Morgan fingerprint density at radius 3 is 2.68 bits per heavy atom. The quantitative estimate of drug-likeness (QED) is 0.836. The highest BCUT2D eigenvalue weighted by Crippen LogP contribution is 2.23. The molecule has 1 aromatic rings. The molecule has 1 atom stereocenters. The lowest BCUT2D eigenvalue weighted by Gasteiger charge is -2.26. The zero-order valence-corrected chi connectivity index (χ0v) is 15.0. The minimum absolute atomic E-state index is 0.00410. The number of benzene rings is 1. The van der Waals surface area contributed by atoms with Crippen molar-refractivity contribution in [2.45, 2.75) is 44.4 Å². The highest BCUT2D eigenvalue weighted by atomic mass is 79.9. The van der Waals surface area contributed by atoms with Gasteiger partial charge in [0, 0.05) is 21.3 Å². The van der Waals surface area contributed by atoms with Crippen LogP contribution in [0.5, 0.6) is 0 Å². The summed E-state index contributed by atoms with van der Waals surface area (Å²) >= 11 is 3.25. The van der Waals surface area contributed by atoms with Gasteiger partial charge in [-0.2, -0.15) is 0 Å². The zero-order valence-electron chi connectivity index (χ0n) is 12.6. The van der Waals surface area contributed by atoms with Crippen LogP contribution in [0.3, 0.4) is 0 Å². The Hall–Kier alpha value is -0.750. The van der Waals surface area contributed by atoms with Crippen LogP contribution in [-0.4, -0.2) is 21.9 Å². The second kappa shape index (κ2) is 8.20. The molecule has 1 aliphatic carbocycles. The van der Waals surface area contributed by atoms with Crippen molar-refractivity contribution < 1.29 is 13.4 Å². The van der Waals surface area contributed by atoms with Gasteiger partial charge in [-0.25, -0.2) is 4.39 Å². The lowest BCUT2D eigenvalue weighted by Crippen LogP contribution is -2.39. The van der Waals surface area contributed by atoms with Crippen molar-refractivity contribution in [1.29, 1.82) is 0 Å². The molecule has 1 amide bonds. The smallest absolute Gasteiger partial charge is 0.232 e. The molecule has 0 heterocycles. The van der Waals surface area contributed by atoms with Crippen molar-refractivity contribution in [3.05, 3.63) is 34.1 Å². The summed E-state index contributed by atoms with van der Waals surface area (Å²) in [6, 6.07) is 4.49. The van der Waals surface area contributed by atoms with E-state index in [0.717, 1.165) is 37.2 Å². The van der Waals surface area contributed by atoms with Crippen molar-refractivity contribution in [2.24, 2.45) is 5.92 Å². The van der Waals surface area contributed by atoms with Crippen molar-refractivity contribution in [1.82, 2.24) is 5.32 Å². The summed E-state index contributed by atoms with van der Waals surface area (Å²) in [5, 5.41) is 2.98. The number of halogens is 2. The molecule has 1 aliphatic rings. The van der Waals surface area contributed by atoms with Crippen LogP contribution in [0.25, 0.3) is 0 Å². The number of nitrogens with one attached hydrogen (secondary N) is 1. The van der Waals surface area contributed by atoms with Gasteiger partial charge in [-0.3, -0.25) is 9.00 Å². The molecule has 0 aromatic heterocycles. The van der Waals surface area contributed by atoms with Crippen LogP contribution in [0.1, 0.15) is 38.2 Å². The molecule has 0 aliphatic heterocycles. The highest BCUT2D eigenvalue weighted by Gasteiger charge is 2.20. The second-order valence-corrected chi connectivity index (χ2v) is 8.30. The van der Waals surface area contributed by atoms with Gasteiger partial charge < -0.3 is 5.32 Å². The Bertz CT molecular complexity index is 559. The predicted molar refractivity (Wildman–Crippen MR) is 90.4 cm³/mol. The maximum Gasteiger partial charge on any atom is 0.232 e. The summed E-state index contributed by atoms with van der Waals surface area (Å²) in [7, 11) is -1.29. The first-order valence-electron chi connectivity index (χ1n) is 7.52. The summed E-state index contributed by atoms with van der Waals surface area (Å²) in [6.07, 6.45) is 4.28. The minimum Gasteiger partial charge on any atom is -0.353 e. The molecule has 1 fully saturated rings. The first kappa shape index (κ1) is 17.6. The molecule has 122 valence electrons. The van der Waals surface area contributed by atoms with Gasteiger partial charge in [0.2, 0.25) is 5.91 Å². The molecule has 2 rings (SSSR count). The highest BCUT2D eigenvalue weighted by molar-refractivity contribution is 9.10. The zero-order chi connectivity index (χ0) is 16.1. The Morgan fingerprint density at radius 2 is 2.05 bits per heavy atom. The van der Waals surface area contributed by atoms with Crippen molar-refractivity contribution in [3.63, 3.8) is 0 Å². The third-order valence-corrected chi connectivity index (χ3v) is 5.96. The SMILES string of the molecule is CC1CCC(NC(=O)C[S@@](=O)Cc2ccc(F)cc2Br)CC1. The summed E-state index contributed by atoms with van der Waals surface area (Å²) in [5.41, 5.74) is 0.749. The van der Waals surface area contributed by atoms with Gasteiger partial charge in [-0.1, -0.05) is 28.9 Å². The minimum atomic E-state index is -1.29. The second-order valence-electron chi connectivity index (χ2n) is 5.99. The van der Waals surface area contributed by atoms with E-state index in [2.05, 4.69) is 28.2 Å². The first-order valence-corrected chi connectivity index (χ1v) is 9.80. The number of carbonyl (C=O) groups is 1. The van der Waals surface area contributed by atoms with E-state index in [9.17, 15) is 13.4 Å². The van der Waals surface area contributed by atoms with E-state index in [-0.39, 0.29) is 29.3 Å². The van der Waals surface area contributed by atoms with E-state index in [1.165, 1.54) is 12.1 Å². The van der Waals surface area contributed by atoms with Crippen LogP contribution < -0.4 is 5.32 Å². The Morgan fingerprint density at radius 1 is 1.36 bits per heavy atom. The fourth-order valence-corrected chi connectivity index (χ4v) is 4.44. The molecule has 1 saturated carbocycles. The fraction of sp³-hybridized carbons (Fsp3) is 0.562. The lowest BCUT2D eigenvalue weighted by atomic mass is 9.87. The molecule has 0 bridgehead atoms. The molecule has 1 N–H and O–H groups in total. The fourth-order valence-electron chi connectivity index (χ4n) is 2.68. The Balaban J connectivity index is 1.80. The van der Waals surface area contributed by atoms with Crippen LogP contribution in [0.15, 0.2) is 22.7 Å². The van der Waals surface area contributed by atoms with Gasteiger partial charge in [-0.15, -0.1) is 0 Å². The molecule has 6 heteroatoms. The lowest BCUT2D eigenvalue weighted by molar-refractivity contribution is -0.119. The van der Waals surface area contributed by atoms with Crippen molar-refractivity contribution in [2.75, 3.05) is 5.75 Å². The average molecular weight is 390 g/mol. The Labute approximate surface area is 141 Å². The summed E-state index contributed by atoms with van der Waals surface area (Å²) in [4.78, 5) is 12.0. The van der Waals surface area contributed by atoms with Gasteiger partial charge in [0.1, 0.15) is 11.6 Å². The van der Waals surface area contributed by atoms with Gasteiger partial charge in [0.05, 0.1) is 5.75 Å². The third kappa shape index (κ3) is 5.47. The molecule has 0 radical (unpaired) electrons. The van der Waals surface area contributed by atoms with Crippen LogP contribution in [0, 0.1) is 11.7 Å².